The number of rotatable bonds is 1. The van der Waals surface area contributed by atoms with Gasteiger partial charge >= 0.3 is 0 Å². The lowest BCUT2D eigenvalue weighted by Crippen LogP contribution is -2.56. The van der Waals surface area contributed by atoms with E-state index in [-0.39, 0.29) is 0 Å². The van der Waals surface area contributed by atoms with E-state index in [2.05, 4.69) is 25.7 Å². The van der Waals surface area contributed by atoms with Gasteiger partial charge in [-0.05, 0) is 104 Å². The Morgan fingerprint density at radius 2 is 1.67 bits per heavy atom. The van der Waals surface area contributed by atoms with Crippen LogP contribution in [0.5, 0.6) is 0 Å². The summed E-state index contributed by atoms with van der Waals surface area (Å²) in [4.78, 5) is 0. The molecule has 5 rings (SSSR count). The second-order valence-electron chi connectivity index (χ2n) is 11.4. The van der Waals surface area contributed by atoms with E-state index in [0.29, 0.717) is 22.9 Å². The number of hydrogen-bond acceptors (Lipinski definition) is 2. The second-order valence-corrected chi connectivity index (χ2v) is 11.4. The van der Waals surface area contributed by atoms with Crippen molar-refractivity contribution in [1.82, 2.24) is 0 Å². The van der Waals surface area contributed by atoms with Crippen LogP contribution in [0, 0.1) is 46.3 Å². The molecule has 1 aromatic rings. The monoisotopic (exact) mass is 406 g/mol. The first-order valence-corrected chi connectivity index (χ1v) is 12.2. The van der Waals surface area contributed by atoms with Gasteiger partial charge in [-0.3, -0.25) is 0 Å². The molecule has 0 aromatic heterocycles. The minimum absolute atomic E-state index is 0.371. The average Bonchev–Trinajstić information content (AvgIpc) is 3.10. The lowest BCUT2D eigenvalue weighted by molar-refractivity contribution is -0.146. The molecule has 8 atom stereocenters. The molecule has 0 amide bonds. The van der Waals surface area contributed by atoms with Crippen LogP contribution < -0.4 is 0 Å². The van der Waals surface area contributed by atoms with E-state index in [1.54, 1.807) is 0 Å². The molecule has 4 aliphatic rings. The summed E-state index contributed by atoms with van der Waals surface area (Å²) in [5, 5.41) is 11.3. The van der Waals surface area contributed by atoms with Crippen molar-refractivity contribution in [1.29, 1.82) is 0 Å². The van der Waals surface area contributed by atoms with Crippen molar-refractivity contribution in [2.24, 2.45) is 34.5 Å². The molecule has 2 nitrogen and oxygen atoms in total. The highest BCUT2D eigenvalue weighted by atomic mass is 16.5. The zero-order valence-corrected chi connectivity index (χ0v) is 19.0. The molecule has 4 aliphatic carbocycles. The van der Waals surface area contributed by atoms with E-state index in [4.69, 9.17) is 4.74 Å². The van der Waals surface area contributed by atoms with Crippen LogP contribution in [0.15, 0.2) is 30.3 Å². The fourth-order valence-electron chi connectivity index (χ4n) is 8.41. The Morgan fingerprint density at radius 3 is 2.43 bits per heavy atom. The average molecular weight is 407 g/mol. The number of ether oxygens (including phenoxy) is 1. The van der Waals surface area contributed by atoms with Crippen LogP contribution in [-0.2, 0) is 4.74 Å². The van der Waals surface area contributed by atoms with E-state index in [1.807, 2.05) is 37.4 Å². The summed E-state index contributed by atoms with van der Waals surface area (Å²) in [5.41, 5.74) is 0.944. The molecule has 30 heavy (non-hydrogen) atoms. The smallest absolute Gasteiger partial charge is 0.126 e. The van der Waals surface area contributed by atoms with Gasteiger partial charge in [0.15, 0.2) is 0 Å². The molecule has 2 heteroatoms. The number of methoxy groups -OCH3 is 1. The van der Waals surface area contributed by atoms with E-state index < -0.39 is 5.60 Å². The minimum Gasteiger partial charge on any atom is -0.381 e. The molecule has 0 spiro atoms. The van der Waals surface area contributed by atoms with Crippen molar-refractivity contribution in [2.75, 3.05) is 7.11 Å². The Balaban J connectivity index is 1.35. The van der Waals surface area contributed by atoms with Gasteiger partial charge in [0.1, 0.15) is 5.60 Å². The quantitative estimate of drug-likeness (QED) is 0.595. The fourth-order valence-corrected chi connectivity index (χ4v) is 8.41. The first-order chi connectivity index (χ1) is 14.4. The maximum Gasteiger partial charge on any atom is 0.126 e. The third kappa shape index (κ3) is 3.16. The lowest BCUT2D eigenvalue weighted by Gasteiger charge is -2.61. The van der Waals surface area contributed by atoms with Crippen molar-refractivity contribution in [2.45, 2.75) is 83.3 Å². The number of benzene rings is 1. The molecule has 4 saturated carbocycles. The highest BCUT2D eigenvalue weighted by molar-refractivity contribution is 5.36. The van der Waals surface area contributed by atoms with Crippen LogP contribution in [0.2, 0.25) is 0 Å². The van der Waals surface area contributed by atoms with Crippen molar-refractivity contribution >= 4 is 0 Å². The summed E-state index contributed by atoms with van der Waals surface area (Å²) >= 11 is 0. The van der Waals surface area contributed by atoms with Crippen LogP contribution in [-0.4, -0.2) is 23.9 Å². The van der Waals surface area contributed by atoms with Crippen LogP contribution in [0.4, 0.5) is 0 Å². The first-order valence-electron chi connectivity index (χ1n) is 12.2. The largest absolute Gasteiger partial charge is 0.381 e. The minimum atomic E-state index is -0.815. The van der Waals surface area contributed by atoms with Crippen molar-refractivity contribution in [3.63, 3.8) is 0 Å². The molecule has 3 unspecified atom stereocenters. The van der Waals surface area contributed by atoms with Crippen LogP contribution in [0.25, 0.3) is 0 Å². The zero-order valence-electron chi connectivity index (χ0n) is 19.0. The van der Waals surface area contributed by atoms with E-state index >= 15 is 0 Å². The van der Waals surface area contributed by atoms with Gasteiger partial charge in [0.05, 0.1) is 6.10 Å². The molecule has 1 N–H and O–H groups in total. The molecule has 4 fully saturated rings. The summed E-state index contributed by atoms with van der Waals surface area (Å²) in [6.45, 7) is 5.08. The SMILES string of the molecule is COC1CC[C@H]2[C@@H]3CCC4CC(O)(C#Cc5ccccc5)CC[C@]4(C)[C@@H]3CC[C@]12C. The number of hydrogen-bond donors (Lipinski definition) is 1. The molecule has 0 radical (unpaired) electrons. The number of fused-ring (bicyclic) bond motifs is 5. The highest BCUT2D eigenvalue weighted by Crippen LogP contribution is 2.67. The van der Waals surface area contributed by atoms with Crippen LogP contribution in [0.1, 0.15) is 77.2 Å². The van der Waals surface area contributed by atoms with Crippen molar-refractivity contribution in [3.05, 3.63) is 35.9 Å². The Bertz CT molecular complexity index is 837. The van der Waals surface area contributed by atoms with Gasteiger partial charge in [0.25, 0.3) is 0 Å². The molecule has 1 aromatic carbocycles. The topological polar surface area (TPSA) is 29.5 Å². The van der Waals surface area contributed by atoms with Gasteiger partial charge < -0.3 is 9.84 Å². The molecule has 0 bridgehead atoms. The Morgan fingerprint density at radius 1 is 0.900 bits per heavy atom. The molecule has 0 aliphatic heterocycles. The summed E-state index contributed by atoms with van der Waals surface area (Å²) in [7, 11) is 1.92. The first kappa shape index (κ1) is 20.6. The fraction of sp³-hybridized carbons (Fsp3) is 0.714. The molecule has 0 saturated heterocycles. The Kier molecular flexibility index (Phi) is 5.07. The maximum absolute atomic E-state index is 11.3. The lowest BCUT2D eigenvalue weighted by atomic mass is 9.44. The zero-order chi connectivity index (χ0) is 21.0. The van der Waals surface area contributed by atoms with Crippen molar-refractivity contribution in [3.8, 4) is 11.8 Å². The van der Waals surface area contributed by atoms with Gasteiger partial charge in [0.2, 0.25) is 0 Å². The third-order valence-electron chi connectivity index (χ3n) is 10.1. The van der Waals surface area contributed by atoms with E-state index in [9.17, 15) is 5.11 Å². The van der Waals surface area contributed by atoms with E-state index in [1.165, 1.54) is 38.5 Å². The predicted molar refractivity (Wildman–Crippen MR) is 121 cm³/mol. The number of aliphatic hydroxyl groups is 1. The standard InChI is InChI=1S/C28H38O2/c1-26-17-18-28(29,16-13-20-7-5-4-6-8-20)19-21(26)9-10-22-23-11-12-25(30-3)27(23,2)15-14-24(22)26/h4-8,21-25,29H,9-12,14-15,17-19H2,1-3H3/t21?,22-,23-,24+,25?,26-,27-,28?/m0/s1. The van der Waals surface area contributed by atoms with Gasteiger partial charge in [-0.2, -0.15) is 0 Å². The Hall–Kier alpha value is -1.30. The second kappa shape index (κ2) is 7.39. The highest BCUT2D eigenvalue weighted by Gasteiger charge is 2.61. The van der Waals surface area contributed by atoms with Gasteiger partial charge in [-0.25, -0.2) is 0 Å². The summed E-state index contributed by atoms with van der Waals surface area (Å²) < 4.78 is 5.94. The predicted octanol–water partition coefficient (Wildman–Crippen LogP) is 5.83. The van der Waals surface area contributed by atoms with Crippen molar-refractivity contribution < 1.29 is 9.84 Å². The van der Waals surface area contributed by atoms with Gasteiger partial charge in [0, 0.05) is 12.7 Å². The van der Waals surface area contributed by atoms with Crippen LogP contribution in [0.3, 0.4) is 0 Å². The van der Waals surface area contributed by atoms with Gasteiger partial charge in [-0.1, -0.05) is 43.9 Å². The Labute approximate surface area is 182 Å². The molecular weight excluding hydrogens is 368 g/mol. The third-order valence-corrected chi connectivity index (χ3v) is 10.1. The molecular formula is C28H38O2. The normalized spacial score (nSPS) is 47.4. The molecule has 0 heterocycles. The maximum atomic E-state index is 11.3. The van der Waals surface area contributed by atoms with E-state index in [0.717, 1.165) is 42.6 Å². The van der Waals surface area contributed by atoms with Gasteiger partial charge in [-0.15, -0.1) is 0 Å². The molecule has 162 valence electrons. The summed E-state index contributed by atoms with van der Waals surface area (Å²) in [6, 6.07) is 10.1. The summed E-state index contributed by atoms with van der Waals surface area (Å²) in [6.07, 6.45) is 11.1. The van der Waals surface area contributed by atoms with Crippen LogP contribution >= 0.6 is 0 Å². The summed E-state index contributed by atoms with van der Waals surface area (Å²) in [5.74, 6) is 9.64.